The first-order valence-electron chi connectivity index (χ1n) is 8.52. The Bertz CT molecular complexity index is 576. The Balaban J connectivity index is 1.93. The number of carbonyl (C=O) groups excluding carboxylic acids is 2. The number of ether oxygens (including phenoxy) is 2. The molecule has 1 fully saturated rings. The Morgan fingerprint density at radius 2 is 2.04 bits per heavy atom. The Morgan fingerprint density at radius 1 is 1.28 bits per heavy atom. The highest BCUT2D eigenvalue weighted by Gasteiger charge is 2.18. The van der Waals surface area contributed by atoms with E-state index in [4.69, 9.17) is 4.74 Å². The van der Waals surface area contributed by atoms with Crippen molar-refractivity contribution in [3.63, 3.8) is 0 Å². The van der Waals surface area contributed by atoms with Gasteiger partial charge in [0.15, 0.2) is 0 Å². The van der Waals surface area contributed by atoms with E-state index in [1.54, 1.807) is 11.0 Å². The maximum atomic E-state index is 13.4. The molecule has 6 nitrogen and oxygen atoms in total. The minimum absolute atomic E-state index is 0.120. The normalized spacial score (nSPS) is 15.0. The molecule has 1 aromatic rings. The Morgan fingerprint density at radius 3 is 2.72 bits per heavy atom. The van der Waals surface area contributed by atoms with Crippen LogP contribution in [0.4, 0.5) is 4.39 Å². The number of rotatable bonds is 8. The van der Waals surface area contributed by atoms with E-state index in [0.29, 0.717) is 6.54 Å². The number of nitrogens with zero attached hydrogens (tertiary/aromatic N) is 2. The predicted octanol–water partition coefficient (Wildman–Crippen LogP) is 1.55. The minimum atomic E-state index is -0.452. The van der Waals surface area contributed by atoms with Gasteiger partial charge in [0.1, 0.15) is 5.82 Å². The van der Waals surface area contributed by atoms with Gasteiger partial charge in [-0.1, -0.05) is 6.07 Å². The van der Waals surface area contributed by atoms with Crippen molar-refractivity contribution in [1.29, 1.82) is 0 Å². The van der Waals surface area contributed by atoms with Crippen molar-refractivity contribution in [3.05, 3.63) is 35.6 Å². The van der Waals surface area contributed by atoms with Crippen molar-refractivity contribution in [3.8, 4) is 0 Å². The highest BCUT2D eigenvalue weighted by Crippen LogP contribution is 2.10. The molecule has 1 amide bonds. The van der Waals surface area contributed by atoms with Crippen LogP contribution in [0.2, 0.25) is 0 Å². The van der Waals surface area contributed by atoms with Crippen LogP contribution < -0.4 is 0 Å². The second kappa shape index (κ2) is 10.1. The van der Waals surface area contributed by atoms with Crippen LogP contribution >= 0.6 is 0 Å². The van der Waals surface area contributed by atoms with E-state index in [1.165, 1.54) is 25.3 Å². The standard InChI is InChI=1S/C18H25FN2O4/c1-24-17(22)6-9-21(8-3-7-20-10-12-25-13-11-20)18(23)15-4-2-5-16(19)14-15/h2,4-5,14H,3,6-13H2,1H3. The lowest BCUT2D eigenvalue weighted by Crippen LogP contribution is -2.39. The average Bonchev–Trinajstić information content (AvgIpc) is 2.64. The molecule has 1 saturated heterocycles. The van der Waals surface area contributed by atoms with Crippen LogP contribution in [0, 0.1) is 5.82 Å². The fourth-order valence-corrected chi connectivity index (χ4v) is 2.76. The van der Waals surface area contributed by atoms with E-state index in [2.05, 4.69) is 9.64 Å². The van der Waals surface area contributed by atoms with Gasteiger partial charge in [-0.05, 0) is 24.6 Å². The van der Waals surface area contributed by atoms with Crippen LogP contribution in [-0.4, -0.2) is 74.7 Å². The van der Waals surface area contributed by atoms with Crippen LogP contribution in [0.25, 0.3) is 0 Å². The van der Waals surface area contributed by atoms with Gasteiger partial charge >= 0.3 is 5.97 Å². The van der Waals surface area contributed by atoms with Crippen LogP contribution in [0.5, 0.6) is 0 Å². The van der Waals surface area contributed by atoms with Gasteiger partial charge in [0.05, 0.1) is 26.7 Å². The van der Waals surface area contributed by atoms with Crippen molar-refractivity contribution in [2.45, 2.75) is 12.8 Å². The first kappa shape index (κ1) is 19.3. The van der Waals surface area contributed by atoms with Crippen molar-refractivity contribution in [2.75, 3.05) is 53.0 Å². The second-order valence-corrected chi connectivity index (χ2v) is 5.94. The fraction of sp³-hybridized carbons (Fsp3) is 0.556. The summed E-state index contributed by atoms with van der Waals surface area (Å²) >= 11 is 0. The predicted molar refractivity (Wildman–Crippen MR) is 90.8 cm³/mol. The first-order chi connectivity index (χ1) is 12.1. The van der Waals surface area contributed by atoms with Crippen LogP contribution in [-0.2, 0) is 14.3 Å². The molecular formula is C18H25FN2O4. The molecule has 0 aliphatic carbocycles. The second-order valence-electron chi connectivity index (χ2n) is 5.94. The van der Waals surface area contributed by atoms with Crippen molar-refractivity contribution >= 4 is 11.9 Å². The maximum Gasteiger partial charge on any atom is 0.307 e. The number of hydrogen-bond acceptors (Lipinski definition) is 5. The number of methoxy groups -OCH3 is 1. The van der Waals surface area contributed by atoms with Crippen LogP contribution in [0.1, 0.15) is 23.2 Å². The number of amides is 1. The molecule has 0 spiro atoms. The summed E-state index contributed by atoms with van der Waals surface area (Å²) in [5, 5.41) is 0. The number of halogens is 1. The summed E-state index contributed by atoms with van der Waals surface area (Å²) in [5.74, 6) is -1.09. The quantitative estimate of drug-likeness (QED) is 0.665. The molecule has 138 valence electrons. The van der Waals surface area contributed by atoms with E-state index >= 15 is 0 Å². The van der Waals surface area contributed by atoms with Crippen molar-refractivity contribution in [1.82, 2.24) is 9.80 Å². The number of esters is 1. The van der Waals surface area contributed by atoms with Gasteiger partial charge in [0.2, 0.25) is 0 Å². The third kappa shape index (κ3) is 6.43. The first-order valence-corrected chi connectivity index (χ1v) is 8.52. The zero-order valence-corrected chi connectivity index (χ0v) is 14.6. The number of hydrogen-bond donors (Lipinski definition) is 0. The molecule has 25 heavy (non-hydrogen) atoms. The third-order valence-electron chi connectivity index (χ3n) is 4.18. The average molecular weight is 352 g/mol. The molecule has 1 aromatic carbocycles. The van der Waals surface area contributed by atoms with Crippen molar-refractivity contribution < 1.29 is 23.5 Å². The summed E-state index contributed by atoms with van der Waals surface area (Å²) < 4.78 is 23.4. The largest absolute Gasteiger partial charge is 0.469 e. The van der Waals surface area contributed by atoms with E-state index in [1.807, 2.05) is 0 Å². The van der Waals surface area contributed by atoms with Gasteiger partial charge in [-0.2, -0.15) is 0 Å². The van der Waals surface area contributed by atoms with Crippen LogP contribution in [0.15, 0.2) is 24.3 Å². The summed E-state index contributed by atoms with van der Waals surface area (Å²) in [4.78, 5) is 27.9. The lowest BCUT2D eigenvalue weighted by Gasteiger charge is -2.28. The van der Waals surface area contributed by atoms with Gasteiger partial charge in [-0.3, -0.25) is 14.5 Å². The monoisotopic (exact) mass is 352 g/mol. The lowest BCUT2D eigenvalue weighted by molar-refractivity contribution is -0.140. The summed E-state index contributed by atoms with van der Waals surface area (Å²) in [5.41, 5.74) is 0.288. The zero-order chi connectivity index (χ0) is 18.1. The molecule has 1 aliphatic rings. The number of benzene rings is 1. The molecule has 0 unspecified atom stereocenters. The summed E-state index contributed by atoms with van der Waals surface area (Å²) in [6.45, 7) is 4.85. The molecule has 1 aliphatic heterocycles. The SMILES string of the molecule is COC(=O)CCN(CCCN1CCOCC1)C(=O)c1cccc(F)c1. The van der Waals surface area contributed by atoms with E-state index in [9.17, 15) is 14.0 Å². The lowest BCUT2D eigenvalue weighted by atomic mass is 10.1. The van der Waals surface area contributed by atoms with Gasteiger partial charge < -0.3 is 14.4 Å². The highest BCUT2D eigenvalue weighted by atomic mass is 19.1. The third-order valence-corrected chi connectivity index (χ3v) is 4.18. The van der Waals surface area contributed by atoms with E-state index in [-0.39, 0.29) is 30.4 Å². The highest BCUT2D eigenvalue weighted by molar-refractivity contribution is 5.94. The Hall–Kier alpha value is -1.99. The molecule has 0 atom stereocenters. The Labute approximate surface area is 147 Å². The minimum Gasteiger partial charge on any atom is -0.469 e. The molecule has 7 heteroatoms. The summed E-state index contributed by atoms with van der Waals surface area (Å²) in [6.07, 6.45) is 0.900. The molecular weight excluding hydrogens is 327 g/mol. The molecule has 0 saturated carbocycles. The summed E-state index contributed by atoms with van der Waals surface area (Å²) in [7, 11) is 1.32. The summed E-state index contributed by atoms with van der Waals surface area (Å²) in [6, 6.07) is 5.61. The molecule has 0 bridgehead atoms. The van der Waals surface area contributed by atoms with Gasteiger partial charge in [0.25, 0.3) is 5.91 Å². The number of carbonyl (C=O) groups is 2. The maximum absolute atomic E-state index is 13.4. The van der Waals surface area contributed by atoms with Crippen LogP contribution in [0.3, 0.4) is 0 Å². The van der Waals surface area contributed by atoms with Gasteiger partial charge in [-0.25, -0.2) is 4.39 Å². The molecule has 0 radical (unpaired) electrons. The van der Waals surface area contributed by atoms with E-state index < -0.39 is 5.82 Å². The Kier molecular flexibility index (Phi) is 7.81. The van der Waals surface area contributed by atoms with Gasteiger partial charge in [0, 0.05) is 38.3 Å². The fourth-order valence-electron chi connectivity index (χ4n) is 2.76. The molecule has 0 N–H and O–H groups in total. The molecule has 1 heterocycles. The van der Waals surface area contributed by atoms with Gasteiger partial charge in [-0.15, -0.1) is 0 Å². The van der Waals surface area contributed by atoms with Crippen molar-refractivity contribution in [2.24, 2.45) is 0 Å². The molecule has 0 aromatic heterocycles. The topological polar surface area (TPSA) is 59.1 Å². The smallest absolute Gasteiger partial charge is 0.307 e. The molecule has 2 rings (SSSR count). The number of morpholine rings is 1. The zero-order valence-electron chi connectivity index (χ0n) is 14.6. The van der Waals surface area contributed by atoms with E-state index in [0.717, 1.165) is 39.3 Å².